The summed E-state index contributed by atoms with van der Waals surface area (Å²) in [5.74, 6) is -0.426. The number of benzene rings is 2. The van der Waals surface area contributed by atoms with E-state index in [4.69, 9.17) is 11.6 Å². The molecule has 0 radical (unpaired) electrons. The Hall–Kier alpha value is -2.09. The van der Waals surface area contributed by atoms with Crippen LogP contribution in [0.25, 0.3) is 0 Å². The van der Waals surface area contributed by atoms with Gasteiger partial charge < -0.3 is 10.2 Å². The van der Waals surface area contributed by atoms with E-state index in [1.807, 2.05) is 24.3 Å². The van der Waals surface area contributed by atoms with Crippen LogP contribution in [0.4, 0.5) is 11.4 Å². The smallest absolute Gasteiger partial charge is 0.257 e. The van der Waals surface area contributed by atoms with Crippen LogP contribution >= 0.6 is 11.6 Å². The summed E-state index contributed by atoms with van der Waals surface area (Å²) >= 11 is 6.23. The van der Waals surface area contributed by atoms with Crippen molar-refractivity contribution in [1.29, 1.82) is 0 Å². The van der Waals surface area contributed by atoms with E-state index in [9.17, 15) is 13.2 Å². The van der Waals surface area contributed by atoms with Gasteiger partial charge in [0.05, 0.1) is 15.5 Å². The minimum atomic E-state index is -3.63. The predicted molar refractivity (Wildman–Crippen MR) is 120 cm³/mol. The zero-order valence-electron chi connectivity index (χ0n) is 16.8. The number of carbonyl (C=O) groups excluding carboxylic acids is 1. The third-order valence-corrected chi connectivity index (χ3v) is 7.96. The van der Waals surface area contributed by atoms with Crippen molar-refractivity contribution < 1.29 is 13.2 Å². The molecule has 2 aromatic rings. The molecule has 2 aromatic carbocycles. The van der Waals surface area contributed by atoms with Gasteiger partial charge in [-0.15, -0.1) is 0 Å². The van der Waals surface area contributed by atoms with Crippen LogP contribution in [-0.4, -0.2) is 44.8 Å². The van der Waals surface area contributed by atoms with E-state index in [2.05, 4.69) is 10.2 Å². The molecule has 160 valence electrons. The maximum Gasteiger partial charge on any atom is 0.257 e. The van der Waals surface area contributed by atoms with Crippen LogP contribution in [-0.2, 0) is 10.0 Å². The minimum Gasteiger partial charge on any atom is -0.372 e. The third-order valence-electron chi connectivity index (χ3n) is 5.73. The summed E-state index contributed by atoms with van der Waals surface area (Å²) in [5.41, 5.74) is 1.93. The highest BCUT2D eigenvalue weighted by atomic mass is 35.5. The van der Waals surface area contributed by atoms with Crippen LogP contribution < -0.4 is 10.2 Å². The number of hydrogen-bond acceptors (Lipinski definition) is 4. The topological polar surface area (TPSA) is 69.7 Å². The number of nitrogens with zero attached hydrogens (tertiary/aromatic N) is 2. The molecule has 0 spiro atoms. The predicted octanol–water partition coefficient (Wildman–Crippen LogP) is 4.37. The number of carbonyl (C=O) groups is 1. The molecule has 1 amide bonds. The largest absolute Gasteiger partial charge is 0.372 e. The first-order valence-corrected chi connectivity index (χ1v) is 12.2. The van der Waals surface area contributed by atoms with Gasteiger partial charge in [0, 0.05) is 37.6 Å². The van der Waals surface area contributed by atoms with Crippen LogP contribution in [0.1, 0.15) is 42.5 Å². The molecule has 2 aliphatic rings. The zero-order chi connectivity index (χ0) is 21.1. The van der Waals surface area contributed by atoms with Crippen molar-refractivity contribution in [3.8, 4) is 0 Å². The highest BCUT2D eigenvalue weighted by Gasteiger charge is 2.27. The second kappa shape index (κ2) is 8.96. The van der Waals surface area contributed by atoms with Crippen LogP contribution in [0.15, 0.2) is 47.4 Å². The quantitative estimate of drug-likeness (QED) is 0.739. The molecular weight excluding hydrogens is 422 g/mol. The third kappa shape index (κ3) is 4.48. The molecule has 0 bridgehead atoms. The summed E-state index contributed by atoms with van der Waals surface area (Å²) in [6.07, 6.45) is 5.15. The van der Waals surface area contributed by atoms with Gasteiger partial charge in [-0.3, -0.25) is 4.79 Å². The van der Waals surface area contributed by atoms with Crippen molar-refractivity contribution in [2.24, 2.45) is 0 Å². The molecule has 6 nitrogen and oxygen atoms in total. The fourth-order valence-corrected chi connectivity index (χ4v) is 5.77. The lowest BCUT2D eigenvalue weighted by atomic mass is 10.2. The lowest BCUT2D eigenvalue weighted by Gasteiger charge is -2.26. The summed E-state index contributed by atoms with van der Waals surface area (Å²) in [6, 6.07) is 12.0. The number of sulfonamides is 1. The van der Waals surface area contributed by atoms with Crippen molar-refractivity contribution >= 4 is 38.9 Å². The Kier molecular flexibility index (Phi) is 6.32. The number of piperidine rings is 1. The van der Waals surface area contributed by atoms with Gasteiger partial charge in [0.2, 0.25) is 10.0 Å². The molecule has 2 fully saturated rings. The first-order chi connectivity index (χ1) is 14.4. The Morgan fingerprint density at radius 3 is 2.17 bits per heavy atom. The summed E-state index contributed by atoms with van der Waals surface area (Å²) in [4.78, 5) is 15.2. The first-order valence-electron chi connectivity index (χ1n) is 10.4. The Labute approximate surface area is 182 Å². The lowest BCUT2D eigenvalue weighted by molar-refractivity contribution is 0.102. The van der Waals surface area contributed by atoms with Crippen molar-refractivity contribution in [1.82, 2.24) is 4.31 Å². The van der Waals surface area contributed by atoms with Crippen molar-refractivity contribution in [3.63, 3.8) is 0 Å². The summed E-state index contributed by atoms with van der Waals surface area (Å²) in [5, 5.41) is 3.05. The van der Waals surface area contributed by atoms with Gasteiger partial charge in [0.15, 0.2) is 0 Å². The van der Waals surface area contributed by atoms with E-state index in [0.717, 1.165) is 38.0 Å². The van der Waals surface area contributed by atoms with E-state index in [1.165, 1.54) is 35.3 Å². The number of nitrogens with one attached hydrogen (secondary N) is 1. The Balaban J connectivity index is 1.51. The Morgan fingerprint density at radius 2 is 1.50 bits per heavy atom. The van der Waals surface area contributed by atoms with Gasteiger partial charge in [-0.1, -0.05) is 18.0 Å². The summed E-state index contributed by atoms with van der Waals surface area (Å²) in [7, 11) is -3.63. The van der Waals surface area contributed by atoms with Crippen molar-refractivity contribution in [2.45, 2.75) is 37.0 Å². The fraction of sp³-hybridized carbons (Fsp3) is 0.409. The monoisotopic (exact) mass is 447 g/mol. The zero-order valence-corrected chi connectivity index (χ0v) is 18.4. The van der Waals surface area contributed by atoms with Crippen LogP contribution in [0.2, 0.25) is 5.02 Å². The molecule has 30 heavy (non-hydrogen) atoms. The average Bonchev–Trinajstić information content (AvgIpc) is 3.30. The van der Waals surface area contributed by atoms with Crippen LogP contribution in [0, 0.1) is 0 Å². The molecule has 2 saturated heterocycles. The Bertz CT molecular complexity index is 1010. The highest BCUT2D eigenvalue weighted by Crippen LogP contribution is 2.27. The average molecular weight is 448 g/mol. The second-order valence-electron chi connectivity index (χ2n) is 7.80. The minimum absolute atomic E-state index is 0.100. The molecule has 2 heterocycles. The van der Waals surface area contributed by atoms with Gasteiger partial charge in [-0.25, -0.2) is 8.42 Å². The van der Waals surface area contributed by atoms with Crippen molar-refractivity contribution in [3.05, 3.63) is 53.1 Å². The van der Waals surface area contributed by atoms with Gasteiger partial charge in [0.25, 0.3) is 5.91 Å². The molecular formula is C22H26ClN3O3S. The molecule has 0 aliphatic carbocycles. The number of hydrogen-bond donors (Lipinski definition) is 1. The van der Waals surface area contributed by atoms with E-state index < -0.39 is 15.9 Å². The maximum absolute atomic E-state index is 12.9. The lowest BCUT2D eigenvalue weighted by Crippen LogP contribution is -2.35. The van der Waals surface area contributed by atoms with Gasteiger partial charge >= 0.3 is 0 Å². The van der Waals surface area contributed by atoms with Gasteiger partial charge in [0.1, 0.15) is 0 Å². The van der Waals surface area contributed by atoms with Crippen molar-refractivity contribution in [2.75, 3.05) is 36.4 Å². The molecule has 4 rings (SSSR count). The first kappa shape index (κ1) is 21.2. The van der Waals surface area contributed by atoms with Gasteiger partial charge in [-0.2, -0.15) is 4.31 Å². The number of amides is 1. The highest BCUT2D eigenvalue weighted by molar-refractivity contribution is 7.89. The number of halogens is 1. The van der Waals surface area contributed by atoms with E-state index in [0.29, 0.717) is 18.8 Å². The molecule has 2 aliphatic heterocycles. The fourth-order valence-electron chi connectivity index (χ4n) is 4.02. The molecule has 0 unspecified atom stereocenters. The van der Waals surface area contributed by atoms with Crippen LogP contribution in [0.3, 0.4) is 0 Å². The standard InChI is InChI=1S/C22H26ClN3O3S/c23-21-11-10-19(30(28,29)26-14-2-1-3-15-26)16-20(21)22(27)24-17-6-8-18(9-7-17)25-12-4-5-13-25/h6-11,16H,1-5,12-15H2,(H,24,27). The van der Waals surface area contributed by atoms with E-state index in [1.54, 1.807) is 0 Å². The SMILES string of the molecule is O=C(Nc1ccc(N2CCCC2)cc1)c1cc(S(=O)(=O)N2CCCCC2)ccc1Cl. The van der Waals surface area contributed by atoms with E-state index in [-0.39, 0.29) is 15.5 Å². The summed E-state index contributed by atoms with van der Waals surface area (Å²) in [6.45, 7) is 3.13. The maximum atomic E-state index is 12.9. The Morgan fingerprint density at radius 1 is 0.867 bits per heavy atom. The molecule has 0 aromatic heterocycles. The molecule has 0 atom stereocenters. The molecule has 8 heteroatoms. The summed E-state index contributed by atoms with van der Waals surface area (Å²) < 4.78 is 27.4. The van der Waals surface area contributed by atoms with Gasteiger partial charge in [-0.05, 0) is 68.1 Å². The van der Waals surface area contributed by atoms with E-state index >= 15 is 0 Å². The molecule has 1 N–H and O–H groups in total. The molecule has 0 saturated carbocycles. The second-order valence-corrected chi connectivity index (χ2v) is 10.1. The van der Waals surface area contributed by atoms with Crippen LogP contribution in [0.5, 0.6) is 0 Å². The number of anilines is 2. The number of rotatable bonds is 5. The normalized spacial score (nSPS) is 17.8.